The van der Waals surface area contributed by atoms with E-state index in [4.69, 9.17) is 9.84 Å². The second-order valence-corrected chi connectivity index (χ2v) is 7.62. The van der Waals surface area contributed by atoms with E-state index in [1.807, 2.05) is 12.1 Å². The Morgan fingerprint density at radius 1 is 1.00 bits per heavy atom. The Hall–Kier alpha value is -3.35. The van der Waals surface area contributed by atoms with Crippen LogP contribution < -0.4 is 15.4 Å². The summed E-state index contributed by atoms with van der Waals surface area (Å²) >= 11 is 0. The molecule has 0 atom stereocenters. The van der Waals surface area contributed by atoms with Gasteiger partial charge in [-0.2, -0.15) is 0 Å². The van der Waals surface area contributed by atoms with Crippen molar-refractivity contribution in [1.29, 1.82) is 0 Å². The third-order valence-corrected chi connectivity index (χ3v) is 4.17. The average molecular weight is 398 g/mol. The van der Waals surface area contributed by atoms with Crippen LogP contribution in [0.2, 0.25) is 0 Å². The van der Waals surface area contributed by atoms with E-state index in [-0.39, 0.29) is 30.3 Å². The molecule has 0 spiro atoms. The van der Waals surface area contributed by atoms with Gasteiger partial charge in [-0.05, 0) is 40.8 Å². The van der Waals surface area contributed by atoms with Crippen LogP contribution in [0, 0.1) is 0 Å². The first-order valence-corrected chi connectivity index (χ1v) is 9.24. The number of carbonyl (C=O) groups excluding carboxylic acids is 2. The van der Waals surface area contributed by atoms with Crippen molar-refractivity contribution in [2.75, 3.05) is 13.2 Å². The Bertz CT molecular complexity index is 870. The monoisotopic (exact) mass is 398 g/mol. The highest BCUT2D eigenvalue weighted by molar-refractivity contribution is 5.96. The number of rotatable bonds is 8. The van der Waals surface area contributed by atoms with E-state index in [1.54, 1.807) is 36.4 Å². The molecule has 2 amide bonds. The standard InChI is InChI=1S/C22H26N2O5/c1-22(2,3)17-9-7-16(8-10-17)21(28)24-13-19(25)23-12-15-5-4-6-18(11-15)29-14-20(26)27/h4-11H,12-14H2,1-3H3,(H,23,25)(H,24,28)(H,26,27). The number of ether oxygens (including phenoxy) is 1. The molecule has 0 radical (unpaired) electrons. The van der Waals surface area contributed by atoms with Crippen LogP contribution in [0.5, 0.6) is 5.75 Å². The number of nitrogens with one attached hydrogen (secondary N) is 2. The lowest BCUT2D eigenvalue weighted by Crippen LogP contribution is -2.36. The minimum atomic E-state index is -1.06. The third-order valence-electron chi connectivity index (χ3n) is 4.17. The molecule has 7 heteroatoms. The van der Waals surface area contributed by atoms with Gasteiger partial charge in [-0.15, -0.1) is 0 Å². The summed E-state index contributed by atoms with van der Waals surface area (Å²) in [4.78, 5) is 34.7. The molecular weight excluding hydrogens is 372 g/mol. The first-order valence-electron chi connectivity index (χ1n) is 9.24. The molecule has 0 heterocycles. The molecule has 0 fully saturated rings. The Labute approximate surface area is 170 Å². The summed E-state index contributed by atoms with van der Waals surface area (Å²) in [6, 6.07) is 14.1. The van der Waals surface area contributed by atoms with E-state index in [0.29, 0.717) is 11.3 Å². The predicted molar refractivity (Wildman–Crippen MR) is 109 cm³/mol. The van der Waals surface area contributed by atoms with E-state index in [0.717, 1.165) is 11.1 Å². The number of carboxylic acid groups (broad SMARTS) is 1. The normalized spacial score (nSPS) is 10.9. The second-order valence-electron chi connectivity index (χ2n) is 7.62. The number of carboxylic acids is 1. The van der Waals surface area contributed by atoms with Crippen molar-refractivity contribution in [3.63, 3.8) is 0 Å². The zero-order chi connectivity index (χ0) is 21.4. The first-order chi connectivity index (χ1) is 13.6. The Morgan fingerprint density at radius 2 is 1.69 bits per heavy atom. The highest BCUT2D eigenvalue weighted by atomic mass is 16.5. The minimum absolute atomic E-state index is 0.00482. The maximum Gasteiger partial charge on any atom is 0.341 e. The van der Waals surface area contributed by atoms with Gasteiger partial charge in [-0.1, -0.05) is 45.0 Å². The van der Waals surface area contributed by atoms with E-state index in [1.165, 1.54) is 0 Å². The Kier molecular flexibility index (Phi) is 7.36. The molecule has 2 rings (SSSR count). The van der Waals surface area contributed by atoms with E-state index in [9.17, 15) is 14.4 Å². The fourth-order valence-electron chi connectivity index (χ4n) is 2.54. The van der Waals surface area contributed by atoms with Crippen LogP contribution in [0.1, 0.15) is 42.3 Å². The van der Waals surface area contributed by atoms with Crippen molar-refractivity contribution in [1.82, 2.24) is 10.6 Å². The smallest absolute Gasteiger partial charge is 0.341 e. The molecule has 2 aromatic rings. The van der Waals surface area contributed by atoms with Crippen molar-refractivity contribution in [3.05, 3.63) is 65.2 Å². The summed E-state index contributed by atoms with van der Waals surface area (Å²) in [7, 11) is 0. The quantitative estimate of drug-likeness (QED) is 0.634. The Balaban J connectivity index is 1.80. The summed E-state index contributed by atoms with van der Waals surface area (Å²) < 4.78 is 5.10. The molecule has 7 nitrogen and oxygen atoms in total. The summed E-state index contributed by atoms with van der Waals surface area (Å²) in [5, 5.41) is 13.9. The maximum atomic E-state index is 12.2. The van der Waals surface area contributed by atoms with Crippen LogP contribution >= 0.6 is 0 Å². The van der Waals surface area contributed by atoms with Crippen LogP contribution in [-0.2, 0) is 21.5 Å². The zero-order valence-corrected chi connectivity index (χ0v) is 16.8. The van der Waals surface area contributed by atoms with Gasteiger partial charge in [0.15, 0.2) is 6.61 Å². The van der Waals surface area contributed by atoms with Crippen LogP contribution in [-0.4, -0.2) is 36.0 Å². The molecule has 2 aromatic carbocycles. The molecule has 154 valence electrons. The van der Waals surface area contributed by atoms with Gasteiger partial charge in [0, 0.05) is 12.1 Å². The first kappa shape index (κ1) is 21.9. The van der Waals surface area contributed by atoms with Gasteiger partial charge in [0.2, 0.25) is 5.91 Å². The molecule has 3 N–H and O–H groups in total. The summed E-state index contributed by atoms with van der Waals surface area (Å²) in [5.74, 6) is -1.30. The highest BCUT2D eigenvalue weighted by Gasteiger charge is 2.14. The SMILES string of the molecule is CC(C)(C)c1ccc(C(=O)NCC(=O)NCc2cccc(OCC(=O)O)c2)cc1. The molecule has 0 bridgehead atoms. The largest absolute Gasteiger partial charge is 0.482 e. The molecule has 0 unspecified atom stereocenters. The molecule has 0 aliphatic rings. The van der Waals surface area contributed by atoms with Gasteiger partial charge in [0.05, 0.1) is 6.54 Å². The van der Waals surface area contributed by atoms with Gasteiger partial charge in [-0.25, -0.2) is 4.79 Å². The summed E-state index contributed by atoms with van der Waals surface area (Å²) in [6.45, 7) is 5.95. The van der Waals surface area contributed by atoms with E-state index < -0.39 is 12.6 Å². The molecular formula is C22H26N2O5. The number of hydrogen-bond donors (Lipinski definition) is 3. The Morgan fingerprint density at radius 3 is 2.31 bits per heavy atom. The lowest BCUT2D eigenvalue weighted by Gasteiger charge is -2.19. The highest BCUT2D eigenvalue weighted by Crippen LogP contribution is 2.22. The zero-order valence-electron chi connectivity index (χ0n) is 16.8. The number of carbonyl (C=O) groups is 3. The topological polar surface area (TPSA) is 105 Å². The van der Waals surface area contributed by atoms with Gasteiger partial charge >= 0.3 is 5.97 Å². The van der Waals surface area contributed by atoms with Crippen LogP contribution in [0.3, 0.4) is 0 Å². The number of aliphatic carboxylic acids is 1. The third kappa shape index (κ3) is 7.29. The van der Waals surface area contributed by atoms with Gasteiger partial charge in [0.25, 0.3) is 5.91 Å². The van der Waals surface area contributed by atoms with Crippen LogP contribution in [0.15, 0.2) is 48.5 Å². The fourth-order valence-corrected chi connectivity index (χ4v) is 2.54. The summed E-state index contributed by atoms with van der Waals surface area (Å²) in [6.07, 6.45) is 0. The molecule has 0 aliphatic heterocycles. The maximum absolute atomic E-state index is 12.2. The van der Waals surface area contributed by atoms with Crippen molar-refractivity contribution >= 4 is 17.8 Å². The van der Waals surface area contributed by atoms with E-state index in [2.05, 4.69) is 31.4 Å². The van der Waals surface area contributed by atoms with Crippen LogP contribution in [0.25, 0.3) is 0 Å². The molecule has 0 saturated carbocycles. The van der Waals surface area contributed by atoms with Gasteiger partial charge in [0.1, 0.15) is 5.75 Å². The van der Waals surface area contributed by atoms with Gasteiger partial charge < -0.3 is 20.5 Å². The van der Waals surface area contributed by atoms with Crippen molar-refractivity contribution in [3.8, 4) is 5.75 Å². The number of amides is 2. The summed E-state index contributed by atoms with van der Waals surface area (Å²) in [5.41, 5.74) is 2.38. The predicted octanol–water partition coefficient (Wildman–Crippen LogP) is 2.49. The van der Waals surface area contributed by atoms with Crippen LogP contribution in [0.4, 0.5) is 0 Å². The van der Waals surface area contributed by atoms with Crippen molar-refractivity contribution in [2.45, 2.75) is 32.7 Å². The lowest BCUT2D eigenvalue weighted by molar-refractivity contribution is -0.139. The number of benzene rings is 2. The second kappa shape index (κ2) is 9.73. The average Bonchev–Trinajstić information content (AvgIpc) is 2.68. The van der Waals surface area contributed by atoms with E-state index >= 15 is 0 Å². The fraction of sp³-hybridized carbons (Fsp3) is 0.318. The van der Waals surface area contributed by atoms with Gasteiger partial charge in [-0.3, -0.25) is 9.59 Å². The van der Waals surface area contributed by atoms with Crippen molar-refractivity contribution in [2.24, 2.45) is 0 Å². The lowest BCUT2D eigenvalue weighted by atomic mass is 9.87. The molecule has 0 aliphatic carbocycles. The number of hydrogen-bond acceptors (Lipinski definition) is 4. The minimum Gasteiger partial charge on any atom is -0.482 e. The molecule has 29 heavy (non-hydrogen) atoms. The molecule has 0 saturated heterocycles. The molecule has 0 aromatic heterocycles. The van der Waals surface area contributed by atoms with Crippen molar-refractivity contribution < 1.29 is 24.2 Å².